The number of carbonyl (C=O) groups excluding carboxylic acids is 1. The largest absolute Gasteiger partial charge is 0.392 e. The van der Waals surface area contributed by atoms with Gasteiger partial charge in [-0.1, -0.05) is 91.0 Å². The molecule has 1 heterocycles. The van der Waals surface area contributed by atoms with E-state index >= 15 is 0 Å². The summed E-state index contributed by atoms with van der Waals surface area (Å²) in [7, 11) is 2.02. The van der Waals surface area contributed by atoms with Gasteiger partial charge in [-0.2, -0.15) is 0 Å². The lowest BCUT2D eigenvalue weighted by molar-refractivity contribution is -0.253. The molecule has 5 rings (SSSR count). The van der Waals surface area contributed by atoms with Gasteiger partial charge in [0, 0.05) is 37.7 Å². The van der Waals surface area contributed by atoms with E-state index in [2.05, 4.69) is 39.8 Å². The molecule has 242 valence electrons. The van der Waals surface area contributed by atoms with Gasteiger partial charge in [-0.25, -0.2) is 4.79 Å². The van der Waals surface area contributed by atoms with Crippen molar-refractivity contribution in [1.29, 1.82) is 0 Å². The Bertz CT molecular complexity index is 1550. The molecule has 0 spiro atoms. The molecule has 0 saturated carbocycles. The van der Waals surface area contributed by atoms with E-state index in [4.69, 9.17) is 9.47 Å². The van der Waals surface area contributed by atoms with Gasteiger partial charge in [-0.3, -0.25) is 4.90 Å². The van der Waals surface area contributed by atoms with Gasteiger partial charge in [0.05, 0.1) is 24.9 Å². The number of nitrogens with one attached hydrogen (secondary N) is 2. The fourth-order valence-corrected chi connectivity index (χ4v) is 5.82. The second kappa shape index (κ2) is 16.0. The molecule has 0 aliphatic carbocycles. The van der Waals surface area contributed by atoms with E-state index < -0.39 is 12.4 Å². The Balaban J connectivity index is 1.36. The molecular weight excluding hydrogens is 578 g/mol. The topological polar surface area (TPSA) is 103 Å². The molecule has 2 amide bonds. The summed E-state index contributed by atoms with van der Waals surface area (Å²) in [5.74, 6) is 0. The van der Waals surface area contributed by atoms with Gasteiger partial charge in [0.15, 0.2) is 6.29 Å². The van der Waals surface area contributed by atoms with Crippen molar-refractivity contribution in [2.24, 2.45) is 0 Å². The van der Waals surface area contributed by atoms with Gasteiger partial charge in [0.1, 0.15) is 0 Å². The van der Waals surface area contributed by atoms with Crippen LogP contribution >= 0.6 is 0 Å². The zero-order valence-corrected chi connectivity index (χ0v) is 26.8. The van der Waals surface area contributed by atoms with E-state index in [1.54, 1.807) is 0 Å². The highest BCUT2D eigenvalue weighted by atomic mass is 16.7. The first-order valence-electron chi connectivity index (χ1n) is 16.0. The minimum absolute atomic E-state index is 0.0113. The molecule has 1 fully saturated rings. The zero-order chi connectivity index (χ0) is 32.5. The molecule has 0 bridgehead atoms. The van der Waals surface area contributed by atoms with Crippen molar-refractivity contribution >= 4 is 6.03 Å². The highest BCUT2D eigenvalue weighted by Gasteiger charge is 2.34. The lowest BCUT2D eigenvalue weighted by Gasteiger charge is -2.39. The Hall–Kier alpha value is -4.05. The van der Waals surface area contributed by atoms with E-state index in [-0.39, 0.29) is 30.9 Å². The van der Waals surface area contributed by atoms with Crippen LogP contribution in [0.1, 0.15) is 66.6 Å². The number of carbonyl (C=O) groups is 1. The number of ether oxygens (including phenoxy) is 2. The van der Waals surface area contributed by atoms with Gasteiger partial charge in [0.25, 0.3) is 0 Å². The molecule has 1 aliphatic heterocycles. The first-order valence-corrected chi connectivity index (χ1v) is 16.0. The van der Waals surface area contributed by atoms with Crippen molar-refractivity contribution in [3.8, 4) is 11.1 Å². The number of likely N-dealkylation sites (N-methyl/N-ethyl adjacent to an activating group) is 1. The maximum absolute atomic E-state index is 11.9. The van der Waals surface area contributed by atoms with Gasteiger partial charge in [-0.05, 0) is 66.4 Å². The second-order valence-corrected chi connectivity index (χ2v) is 11.9. The summed E-state index contributed by atoms with van der Waals surface area (Å²) < 4.78 is 13.3. The highest BCUT2D eigenvalue weighted by Crippen LogP contribution is 2.39. The van der Waals surface area contributed by atoms with Gasteiger partial charge in [-0.15, -0.1) is 0 Å². The van der Waals surface area contributed by atoms with Crippen molar-refractivity contribution in [3.63, 3.8) is 0 Å². The van der Waals surface area contributed by atoms with Gasteiger partial charge in [0.2, 0.25) is 0 Å². The number of hydrogen-bond acceptors (Lipinski definition) is 6. The fourth-order valence-electron chi connectivity index (χ4n) is 5.82. The fraction of sp³-hybridized carbons (Fsp3) is 0.342. The Morgan fingerprint density at radius 3 is 2.30 bits per heavy atom. The molecule has 46 heavy (non-hydrogen) atoms. The summed E-state index contributed by atoms with van der Waals surface area (Å²) >= 11 is 0. The first kappa shape index (κ1) is 33.3. The molecule has 4 aromatic carbocycles. The SMILES string of the molecule is CCNC(=O)NCc1cccc(-c2cccc([C@@H]3O[C@H](CN(C)[C@@H](C)[C@H](O)c4ccccc4)C[C@H](c4ccc(CO)cc4)O3)c2)c1. The van der Waals surface area contributed by atoms with Crippen LogP contribution in [0.25, 0.3) is 11.1 Å². The van der Waals surface area contributed by atoms with E-state index in [9.17, 15) is 15.0 Å². The van der Waals surface area contributed by atoms with Crippen LogP contribution in [-0.2, 0) is 22.6 Å². The number of nitrogens with zero attached hydrogens (tertiary/aromatic N) is 1. The van der Waals surface area contributed by atoms with Crippen LogP contribution in [-0.4, -0.2) is 53.4 Å². The minimum atomic E-state index is -0.632. The lowest BCUT2D eigenvalue weighted by atomic mass is 9.97. The maximum Gasteiger partial charge on any atom is 0.315 e. The number of amides is 2. The van der Waals surface area contributed by atoms with Crippen LogP contribution in [0.5, 0.6) is 0 Å². The van der Waals surface area contributed by atoms with Crippen molar-refractivity contribution in [1.82, 2.24) is 15.5 Å². The van der Waals surface area contributed by atoms with E-state index in [0.29, 0.717) is 26.1 Å². The van der Waals surface area contributed by atoms with Gasteiger partial charge < -0.3 is 30.3 Å². The summed E-state index contributed by atoms with van der Waals surface area (Å²) in [6.45, 7) is 5.52. The Morgan fingerprint density at radius 1 is 0.870 bits per heavy atom. The molecule has 8 heteroatoms. The predicted octanol–water partition coefficient (Wildman–Crippen LogP) is 6.26. The molecule has 0 unspecified atom stereocenters. The average Bonchev–Trinajstić information content (AvgIpc) is 3.10. The molecule has 1 saturated heterocycles. The first-order chi connectivity index (χ1) is 22.3. The minimum Gasteiger partial charge on any atom is -0.392 e. The van der Waals surface area contributed by atoms with Crippen molar-refractivity contribution < 1.29 is 24.5 Å². The third kappa shape index (κ3) is 8.60. The molecule has 1 aliphatic rings. The maximum atomic E-state index is 11.9. The second-order valence-electron chi connectivity index (χ2n) is 11.9. The van der Waals surface area contributed by atoms with Crippen LogP contribution in [0.15, 0.2) is 103 Å². The third-order valence-corrected chi connectivity index (χ3v) is 8.61. The Kier molecular flexibility index (Phi) is 11.6. The quantitative estimate of drug-likeness (QED) is 0.149. The Labute approximate surface area is 272 Å². The standard InChI is InChI=1S/C38H45N3O5/c1-4-39-38(44)40-23-28-10-8-13-31(20-28)32-14-9-15-33(21-32)37-45-34(22-35(46-37)29-18-16-27(25-42)17-19-29)24-41(3)26(2)36(43)30-11-6-5-7-12-30/h5-21,26,34-37,42-43H,4,22-25H2,1-3H3,(H2,39,40,44)/t26-,34-,35+,36-,37+/m0/s1. The van der Waals surface area contributed by atoms with E-state index in [1.165, 1.54) is 0 Å². The van der Waals surface area contributed by atoms with Crippen LogP contribution in [0.4, 0.5) is 4.79 Å². The number of aliphatic hydroxyl groups excluding tert-OH is 2. The predicted molar refractivity (Wildman–Crippen MR) is 180 cm³/mol. The normalized spacial score (nSPS) is 19.4. The molecule has 4 aromatic rings. The van der Waals surface area contributed by atoms with Crippen LogP contribution in [0.2, 0.25) is 0 Å². The number of aliphatic hydroxyl groups is 2. The monoisotopic (exact) mass is 623 g/mol. The zero-order valence-electron chi connectivity index (χ0n) is 26.8. The lowest BCUT2D eigenvalue weighted by Crippen LogP contribution is -2.43. The molecular formula is C38H45N3O5. The van der Waals surface area contributed by atoms with E-state index in [0.717, 1.165) is 38.9 Å². The molecule has 5 atom stereocenters. The molecule has 0 radical (unpaired) electrons. The van der Waals surface area contributed by atoms with Crippen LogP contribution in [0, 0.1) is 0 Å². The van der Waals surface area contributed by atoms with Gasteiger partial charge >= 0.3 is 6.03 Å². The smallest absolute Gasteiger partial charge is 0.315 e. The summed E-state index contributed by atoms with van der Waals surface area (Å²) in [5.41, 5.74) is 6.72. The highest BCUT2D eigenvalue weighted by molar-refractivity contribution is 5.74. The van der Waals surface area contributed by atoms with E-state index in [1.807, 2.05) is 99.8 Å². The summed E-state index contributed by atoms with van der Waals surface area (Å²) in [6.07, 6.45) is -0.970. The molecule has 4 N–H and O–H groups in total. The number of benzene rings is 4. The number of rotatable bonds is 12. The van der Waals surface area contributed by atoms with Crippen LogP contribution < -0.4 is 10.6 Å². The van der Waals surface area contributed by atoms with Crippen molar-refractivity contribution in [3.05, 3.63) is 131 Å². The Morgan fingerprint density at radius 2 is 1.59 bits per heavy atom. The van der Waals surface area contributed by atoms with Crippen molar-refractivity contribution in [2.75, 3.05) is 20.1 Å². The molecule has 0 aromatic heterocycles. The molecule has 8 nitrogen and oxygen atoms in total. The average molecular weight is 624 g/mol. The number of urea groups is 1. The summed E-state index contributed by atoms with van der Waals surface area (Å²) in [4.78, 5) is 14.1. The third-order valence-electron chi connectivity index (χ3n) is 8.61. The van der Waals surface area contributed by atoms with Crippen LogP contribution in [0.3, 0.4) is 0 Å². The van der Waals surface area contributed by atoms with Crippen molar-refractivity contribution in [2.45, 2.75) is 64.1 Å². The number of hydrogen-bond donors (Lipinski definition) is 4. The summed E-state index contributed by atoms with van der Waals surface area (Å²) in [5, 5.41) is 26.3. The summed E-state index contributed by atoms with van der Waals surface area (Å²) in [6, 6.07) is 33.6.